The van der Waals surface area contributed by atoms with Crippen molar-refractivity contribution in [3.05, 3.63) is 40.1 Å². The first-order valence-corrected chi connectivity index (χ1v) is 4.95. The molecule has 1 aliphatic rings. The molecule has 0 saturated carbocycles. The minimum atomic E-state index is -0.113. The summed E-state index contributed by atoms with van der Waals surface area (Å²) in [4.78, 5) is 26.9. The molecule has 0 radical (unpaired) electrons. The van der Waals surface area contributed by atoms with Gasteiger partial charge in [0.15, 0.2) is 11.6 Å². The highest BCUT2D eigenvalue weighted by atomic mass is 16.1. The van der Waals surface area contributed by atoms with Crippen LogP contribution in [-0.2, 0) is 13.1 Å². The molecule has 3 rings (SSSR count). The Labute approximate surface area is 90.8 Å². The van der Waals surface area contributed by atoms with Gasteiger partial charge in [0.25, 0.3) is 5.56 Å². The molecule has 6 nitrogen and oxygen atoms in total. The van der Waals surface area contributed by atoms with Crippen molar-refractivity contribution >= 4 is 0 Å². The van der Waals surface area contributed by atoms with Gasteiger partial charge in [-0.15, -0.1) is 0 Å². The van der Waals surface area contributed by atoms with Crippen molar-refractivity contribution in [1.29, 1.82) is 0 Å². The van der Waals surface area contributed by atoms with E-state index in [4.69, 9.17) is 0 Å². The second kappa shape index (κ2) is 3.49. The van der Waals surface area contributed by atoms with Gasteiger partial charge in [0.05, 0.1) is 11.3 Å². The highest BCUT2D eigenvalue weighted by molar-refractivity contribution is 5.43. The number of fused-ring (bicyclic) bond motifs is 1. The van der Waals surface area contributed by atoms with Gasteiger partial charge in [-0.05, 0) is 6.07 Å². The smallest absolute Gasteiger partial charge is 0.256 e. The van der Waals surface area contributed by atoms with Crippen LogP contribution in [0.5, 0.6) is 0 Å². The van der Waals surface area contributed by atoms with Gasteiger partial charge in [0.2, 0.25) is 0 Å². The molecular weight excluding hydrogens is 206 g/mol. The Balaban J connectivity index is 2.17. The van der Waals surface area contributed by atoms with Crippen LogP contribution < -0.4 is 10.9 Å². The summed E-state index contributed by atoms with van der Waals surface area (Å²) in [6, 6.07) is 1.72. The molecule has 16 heavy (non-hydrogen) atoms. The predicted octanol–water partition coefficient (Wildman–Crippen LogP) is -0.170. The van der Waals surface area contributed by atoms with E-state index in [1.165, 1.54) is 0 Å². The zero-order valence-electron chi connectivity index (χ0n) is 8.40. The second-order valence-corrected chi connectivity index (χ2v) is 3.52. The van der Waals surface area contributed by atoms with Gasteiger partial charge in [0, 0.05) is 25.5 Å². The molecule has 1 aliphatic heterocycles. The number of hydrogen-bond donors (Lipinski definition) is 2. The first kappa shape index (κ1) is 9.17. The summed E-state index contributed by atoms with van der Waals surface area (Å²) >= 11 is 0. The number of H-pyrrole nitrogens is 1. The lowest BCUT2D eigenvalue weighted by molar-refractivity contribution is 0.756. The molecule has 80 valence electrons. The van der Waals surface area contributed by atoms with Crippen molar-refractivity contribution in [2.75, 3.05) is 0 Å². The minimum absolute atomic E-state index is 0.113. The maximum absolute atomic E-state index is 11.7. The summed E-state index contributed by atoms with van der Waals surface area (Å²) in [7, 11) is 0. The molecule has 0 atom stereocenters. The molecule has 0 fully saturated rings. The number of hydrogen-bond acceptors (Lipinski definition) is 5. The zero-order valence-corrected chi connectivity index (χ0v) is 8.40. The van der Waals surface area contributed by atoms with Crippen LogP contribution in [0.15, 0.2) is 23.3 Å². The Morgan fingerprint density at radius 1 is 1.19 bits per heavy atom. The number of aromatic nitrogens is 4. The largest absolute Gasteiger partial charge is 0.307 e. The van der Waals surface area contributed by atoms with E-state index in [9.17, 15) is 4.79 Å². The van der Waals surface area contributed by atoms with E-state index in [0.29, 0.717) is 30.3 Å². The SMILES string of the molecule is O=c1[nH]c(-c2ncccn2)nc2c1CNC2. The van der Waals surface area contributed by atoms with Crippen LogP contribution in [-0.4, -0.2) is 19.9 Å². The van der Waals surface area contributed by atoms with E-state index in [2.05, 4.69) is 25.3 Å². The van der Waals surface area contributed by atoms with Crippen molar-refractivity contribution in [3.63, 3.8) is 0 Å². The van der Waals surface area contributed by atoms with Gasteiger partial charge in [0.1, 0.15) is 0 Å². The molecule has 0 aromatic carbocycles. The van der Waals surface area contributed by atoms with E-state index < -0.39 is 0 Å². The van der Waals surface area contributed by atoms with Gasteiger partial charge >= 0.3 is 0 Å². The van der Waals surface area contributed by atoms with E-state index in [1.807, 2.05) is 0 Å². The topological polar surface area (TPSA) is 83.6 Å². The minimum Gasteiger partial charge on any atom is -0.307 e. The van der Waals surface area contributed by atoms with Crippen molar-refractivity contribution in [2.45, 2.75) is 13.1 Å². The maximum Gasteiger partial charge on any atom is 0.256 e. The Hall–Kier alpha value is -2.08. The van der Waals surface area contributed by atoms with Crippen molar-refractivity contribution in [3.8, 4) is 11.6 Å². The van der Waals surface area contributed by atoms with E-state index in [-0.39, 0.29) is 5.56 Å². The molecule has 0 saturated heterocycles. The van der Waals surface area contributed by atoms with Crippen molar-refractivity contribution in [2.24, 2.45) is 0 Å². The molecule has 3 heterocycles. The lowest BCUT2D eigenvalue weighted by atomic mass is 10.2. The Bertz CT molecular complexity index is 578. The molecule has 2 aromatic rings. The molecule has 0 amide bonds. The second-order valence-electron chi connectivity index (χ2n) is 3.52. The summed E-state index contributed by atoms with van der Waals surface area (Å²) in [5.41, 5.74) is 1.38. The normalized spacial score (nSPS) is 13.8. The zero-order chi connectivity index (χ0) is 11.0. The first-order chi connectivity index (χ1) is 7.84. The quantitative estimate of drug-likeness (QED) is 0.690. The van der Waals surface area contributed by atoms with Gasteiger partial charge < -0.3 is 10.3 Å². The van der Waals surface area contributed by atoms with E-state index >= 15 is 0 Å². The van der Waals surface area contributed by atoms with Crippen LogP contribution >= 0.6 is 0 Å². The highest BCUT2D eigenvalue weighted by Crippen LogP contribution is 2.12. The van der Waals surface area contributed by atoms with Crippen LogP contribution in [0.4, 0.5) is 0 Å². The third-order valence-corrected chi connectivity index (χ3v) is 2.47. The summed E-state index contributed by atoms with van der Waals surface area (Å²) < 4.78 is 0. The molecular formula is C10H9N5O. The van der Waals surface area contributed by atoms with Crippen LogP contribution in [0.25, 0.3) is 11.6 Å². The van der Waals surface area contributed by atoms with Crippen LogP contribution in [0.1, 0.15) is 11.3 Å². The fourth-order valence-electron chi connectivity index (χ4n) is 1.71. The van der Waals surface area contributed by atoms with Crippen LogP contribution in [0.2, 0.25) is 0 Å². The highest BCUT2D eigenvalue weighted by Gasteiger charge is 2.17. The summed E-state index contributed by atoms with van der Waals surface area (Å²) in [5, 5.41) is 3.08. The monoisotopic (exact) mass is 215 g/mol. The van der Waals surface area contributed by atoms with Crippen LogP contribution in [0, 0.1) is 0 Å². The molecule has 0 spiro atoms. The summed E-state index contributed by atoms with van der Waals surface area (Å²) in [5.74, 6) is 0.863. The lowest BCUT2D eigenvalue weighted by Crippen LogP contribution is -2.16. The molecule has 6 heteroatoms. The molecule has 2 N–H and O–H groups in total. The Morgan fingerprint density at radius 2 is 2.00 bits per heavy atom. The summed E-state index contributed by atoms with van der Waals surface area (Å²) in [6.45, 7) is 1.20. The fraction of sp³-hybridized carbons (Fsp3) is 0.200. The molecule has 2 aromatic heterocycles. The Kier molecular flexibility index (Phi) is 2.00. The average Bonchev–Trinajstić information content (AvgIpc) is 2.79. The van der Waals surface area contributed by atoms with E-state index in [0.717, 1.165) is 5.69 Å². The third-order valence-electron chi connectivity index (χ3n) is 2.47. The van der Waals surface area contributed by atoms with Gasteiger partial charge in [-0.25, -0.2) is 15.0 Å². The molecule has 0 aliphatic carbocycles. The van der Waals surface area contributed by atoms with Gasteiger partial charge in [-0.3, -0.25) is 4.79 Å². The first-order valence-electron chi connectivity index (χ1n) is 4.95. The predicted molar refractivity (Wildman–Crippen MR) is 56.4 cm³/mol. The molecule has 0 unspecified atom stereocenters. The number of nitrogens with zero attached hydrogens (tertiary/aromatic N) is 3. The van der Waals surface area contributed by atoms with Crippen LogP contribution in [0.3, 0.4) is 0 Å². The number of nitrogens with one attached hydrogen (secondary N) is 2. The van der Waals surface area contributed by atoms with Crippen molar-refractivity contribution in [1.82, 2.24) is 25.3 Å². The standard InChI is InChI=1S/C10H9N5O/c16-10-6-4-11-5-7(6)14-9(15-10)8-12-2-1-3-13-8/h1-3,11H,4-5H2,(H,14,15,16). The third kappa shape index (κ3) is 1.40. The fourth-order valence-corrected chi connectivity index (χ4v) is 1.71. The van der Waals surface area contributed by atoms with Gasteiger partial charge in [-0.1, -0.05) is 0 Å². The summed E-state index contributed by atoms with van der Waals surface area (Å²) in [6.07, 6.45) is 3.24. The number of aromatic amines is 1. The van der Waals surface area contributed by atoms with Crippen molar-refractivity contribution < 1.29 is 0 Å². The lowest BCUT2D eigenvalue weighted by Gasteiger charge is -2.01. The molecule has 0 bridgehead atoms. The number of rotatable bonds is 1. The Morgan fingerprint density at radius 3 is 2.81 bits per heavy atom. The van der Waals surface area contributed by atoms with E-state index in [1.54, 1.807) is 18.5 Å². The maximum atomic E-state index is 11.7. The average molecular weight is 215 g/mol. The van der Waals surface area contributed by atoms with Gasteiger partial charge in [-0.2, -0.15) is 0 Å².